The van der Waals surface area contributed by atoms with Crippen molar-refractivity contribution in [1.29, 1.82) is 0 Å². The molecular weight excluding hydrogens is 152 g/mol. The molecule has 0 aromatic carbocycles. The molecule has 0 N–H and O–H groups in total. The molecule has 1 aromatic heterocycles. The Kier molecular flexibility index (Phi) is 2.26. The Morgan fingerprint density at radius 1 is 1.33 bits per heavy atom. The second-order valence-electron chi connectivity index (χ2n) is 3.62. The van der Waals surface area contributed by atoms with Crippen LogP contribution < -0.4 is 0 Å². The lowest BCUT2D eigenvalue weighted by Gasteiger charge is -2.21. The summed E-state index contributed by atoms with van der Waals surface area (Å²) in [6.07, 6.45) is 1.68. The molecule has 0 bridgehead atoms. The Bertz CT molecular complexity index is 264. The molecule has 66 valence electrons. The molecule has 4 nitrogen and oxygen atoms in total. The molecule has 1 heterocycles. The van der Waals surface area contributed by atoms with Gasteiger partial charge in [-0.3, -0.25) is 5.10 Å². The van der Waals surface area contributed by atoms with Crippen LogP contribution >= 0.6 is 0 Å². The monoisotopic (exact) mass is 165 g/mol. The van der Waals surface area contributed by atoms with Crippen LogP contribution in [0.1, 0.15) is 26.5 Å². The van der Waals surface area contributed by atoms with E-state index in [0.717, 1.165) is 5.69 Å². The first-order chi connectivity index (χ1) is 5.54. The summed E-state index contributed by atoms with van der Waals surface area (Å²) in [5.41, 5.74) is 0.924. The van der Waals surface area contributed by atoms with Crippen LogP contribution in [0.25, 0.3) is 5.32 Å². The number of hydrogen-bond acceptors (Lipinski definition) is 3. The lowest BCUT2D eigenvalue weighted by molar-refractivity contribution is 0.562. The fraction of sp³-hybridized carbons (Fsp3) is 0.625. The molecule has 1 rings (SSSR count). The van der Waals surface area contributed by atoms with E-state index < -0.39 is 0 Å². The van der Waals surface area contributed by atoms with Crippen molar-refractivity contribution >= 4 is 5.95 Å². The van der Waals surface area contributed by atoms with Crippen molar-refractivity contribution in [2.24, 2.45) is 0 Å². The van der Waals surface area contributed by atoms with Crippen molar-refractivity contribution in [2.45, 2.75) is 26.2 Å². The number of nitrogens with zero attached hydrogens (tertiary/aromatic N) is 4. The molecule has 1 aromatic rings. The second kappa shape index (κ2) is 3.05. The van der Waals surface area contributed by atoms with E-state index in [1.54, 1.807) is 13.2 Å². The van der Waals surface area contributed by atoms with Gasteiger partial charge in [0.2, 0.25) is 0 Å². The molecule has 0 fully saturated rings. The van der Waals surface area contributed by atoms with Crippen molar-refractivity contribution in [1.82, 2.24) is 15.2 Å². The van der Waals surface area contributed by atoms with Crippen LogP contribution in [0.3, 0.4) is 0 Å². The van der Waals surface area contributed by atoms with E-state index in [4.69, 9.17) is 0 Å². The largest absolute Gasteiger partial charge is 0.395 e. The van der Waals surface area contributed by atoms with Gasteiger partial charge in [-0.05, 0) is 18.2 Å². The molecule has 4 heteroatoms. The van der Waals surface area contributed by atoms with Crippen molar-refractivity contribution in [3.63, 3.8) is 0 Å². The van der Waals surface area contributed by atoms with E-state index >= 15 is 0 Å². The first-order valence-electron chi connectivity index (χ1n) is 3.84. The molecule has 0 unspecified atom stereocenters. The molecule has 0 saturated heterocycles. The van der Waals surface area contributed by atoms with Crippen molar-refractivity contribution < 1.29 is 0 Å². The summed E-state index contributed by atoms with van der Waals surface area (Å²) in [7, 11) is 1.66. The molecule has 0 radical (unpaired) electrons. The Morgan fingerprint density at radius 2 is 2.00 bits per heavy atom. The summed E-state index contributed by atoms with van der Waals surface area (Å²) in [6, 6.07) is 0. The summed E-state index contributed by atoms with van der Waals surface area (Å²) in [6.45, 7) is 6.24. The highest BCUT2D eigenvalue weighted by Crippen LogP contribution is 2.20. The van der Waals surface area contributed by atoms with Crippen LogP contribution in [0, 0.1) is 0 Å². The number of hydrogen-bond donors (Lipinski definition) is 0. The van der Waals surface area contributed by atoms with Crippen LogP contribution in [0.15, 0.2) is 6.20 Å². The molecule has 0 saturated carbocycles. The maximum Gasteiger partial charge on any atom is 0.0420 e. The fourth-order valence-corrected chi connectivity index (χ4v) is 0.750. The third-order valence-electron chi connectivity index (χ3n) is 1.52. The van der Waals surface area contributed by atoms with Crippen LogP contribution in [-0.4, -0.2) is 22.2 Å². The second-order valence-corrected chi connectivity index (χ2v) is 3.62. The standard InChI is InChI=1S/C8H13N4/c1-8(2,3)6-5-10-12-7(9-4)11-6/h5H,1-4H3/q-1. The van der Waals surface area contributed by atoms with Gasteiger partial charge in [0.1, 0.15) is 0 Å². The fourth-order valence-electron chi connectivity index (χ4n) is 0.750. The Labute approximate surface area is 72.4 Å². The van der Waals surface area contributed by atoms with Gasteiger partial charge in [-0.1, -0.05) is 20.8 Å². The first kappa shape index (κ1) is 8.90. The Hall–Kier alpha value is -1.19. The Morgan fingerprint density at radius 3 is 2.50 bits per heavy atom. The highest BCUT2D eigenvalue weighted by molar-refractivity contribution is 5.29. The van der Waals surface area contributed by atoms with Crippen LogP contribution in [0.2, 0.25) is 0 Å². The lowest BCUT2D eigenvalue weighted by atomic mass is 9.93. The minimum absolute atomic E-state index is 0.00931. The molecule has 0 aliphatic rings. The van der Waals surface area contributed by atoms with E-state index in [1.165, 1.54) is 0 Å². The molecule has 0 aliphatic carbocycles. The first-order valence-corrected chi connectivity index (χ1v) is 3.84. The predicted molar refractivity (Wildman–Crippen MR) is 47.5 cm³/mol. The van der Waals surface area contributed by atoms with Crippen LogP contribution in [0.5, 0.6) is 0 Å². The van der Waals surface area contributed by atoms with E-state index in [9.17, 15) is 0 Å². The van der Waals surface area contributed by atoms with E-state index in [0.29, 0.717) is 5.95 Å². The van der Waals surface area contributed by atoms with E-state index in [1.807, 2.05) is 0 Å². The average Bonchev–Trinajstić information content (AvgIpc) is 2.03. The SMILES string of the molecule is C[N-]c1nncc(C(C)(C)C)n1. The van der Waals surface area contributed by atoms with Crippen molar-refractivity contribution in [3.8, 4) is 0 Å². The third kappa shape index (κ3) is 1.90. The molecule has 0 amide bonds. The summed E-state index contributed by atoms with van der Waals surface area (Å²) >= 11 is 0. The number of rotatable bonds is 1. The normalized spacial score (nSPS) is 11.3. The van der Waals surface area contributed by atoms with E-state index in [-0.39, 0.29) is 5.41 Å². The van der Waals surface area contributed by atoms with Gasteiger partial charge in [0.25, 0.3) is 0 Å². The summed E-state index contributed by atoms with van der Waals surface area (Å²) in [5.74, 6) is 0.447. The molecule has 12 heavy (non-hydrogen) atoms. The van der Waals surface area contributed by atoms with Gasteiger partial charge in [-0.15, -0.1) is 0 Å². The summed E-state index contributed by atoms with van der Waals surface area (Å²) in [5, 5.41) is 11.4. The smallest absolute Gasteiger partial charge is 0.0420 e. The third-order valence-corrected chi connectivity index (χ3v) is 1.52. The average molecular weight is 165 g/mol. The summed E-state index contributed by atoms with van der Waals surface area (Å²) < 4.78 is 0. The topological polar surface area (TPSA) is 52.8 Å². The van der Waals surface area contributed by atoms with Gasteiger partial charge in [-0.25, -0.2) is 5.10 Å². The minimum Gasteiger partial charge on any atom is -0.395 e. The minimum atomic E-state index is 0.00931. The molecule has 0 spiro atoms. The van der Waals surface area contributed by atoms with Crippen LogP contribution in [-0.2, 0) is 5.41 Å². The molecular formula is C8H13N4-. The highest BCUT2D eigenvalue weighted by atomic mass is 15.2. The van der Waals surface area contributed by atoms with Crippen molar-refractivity contribution in [3.05, 3.63) is 17.2 Å². The predicted octanol–water partition coefficient (Wildman–Crippen LogP) is 1.80. The lowest BCUT2D eigenvalue weighted by Crippen LogP contribution is -2.14. The van der Waals surface area contributed by atoms with Crippen LogP contribution in [0.4, 0.5) is 5.95 Å². The zero-order valence-electron chi connectivity index (χ0n) is 7.87. The van der Waals surface area contributed by atoms with Gasteiger partial charge in [0.05, 0.1) is 0 Å². The van der Waals surface area contributed by atoms with E-state index in [2.05, 4.69) is 41.3 Å². The van der Waals surface area contributed by atoms with Gasteiger partial charge >= 0.3 is 0 Å². The molecule has 0 atom stereocenters. The van der Waals surface area contributed by atoms with Gasteiger partial charge in [0.15, 0.2) is 0 Å². The van der Waals surface area contributed by atoms with Gasteiger partial charge in [-0.2, -0.15) is 0 Å². The maximum atomic E-state index is 4.22. The molecule has 0 aliphatic heterocycles. The quantitative estimate of drug-likeness (QED) is 0.637. The van der Waals surface area contributed by atoms with Gasteiger partial charge in [0, 0.05) is 12.1 Å². The highest BCUT2D eigenvalue weighted by Gasteiger charge is 2.12. The Balaban J connectivity index is 3.02. The number of aromatic nitrogens is 3. The van der Waals surface area contributed by atoms with Gasteiger partial charge < -0.3 is 10.3 Å². The zero-order chi connectivity index (χ0) is 9.19. The zero-order valence-corrected chi connectivity index (χ0v) is 7.87. The van der Waals surface area contributed by atoms with Crippen molar-refractivity contribution in [2.75, 3.05) is 7.05 Å². The maximum absolute atomic E-state index is 4.22. The summed E-state index contributed by atoms with van der Waals surface area (Å²) in [4.78, 5) is 4.22.